The van der Waals surface area contributed by atoms with Crippen LogP contribution < -0.4 is 10.1 Å². The number of hydrogen-bond acceptors (Lipinski definition) is 7. The standard InChI is InChI=1S/C11H13N5O5/c1-7-2-10(14-21-7)20-6-9(17)12-3-8-4-16(15-13-8)5-11(18)19/h2,4H,3,5-6H2,1H3,(H,12,17)(H,18,19). The van der Waals surface area contributed by atoms with Crippen LogP contribution in [0.5, 0.6) is 5.88 Å². The molecule has 2 rings (SSSR count). The van der Waals surface area contributed by atoms with Gasteiger partial charge in [-0.05, 0) is 12.1 Å². The number of hydrogen-bond donors (Lipinski definition) is 2. The van der Waals surface area contributed by atoms with Crippen LogP contribution in [-0.4, -0.2) is 43.7 Å². The normalized spacial score (nSPS) is 10.3. The summed E-state index contributed by atoms with van der Waals surface area (Å²) in [6.45, 7) is 1.34. The Morgan fingerprint density at radius 1 is 1.52 bits per heavy atom. The van der Waals surface area contributed by atoms with Crippen molar-refractivity contribution in [3.05, 3.63) is 23.7 Å². The fourth-order valence-electron chi connectivity index (χ4n) is 1.43. The minimum absolute atomic E-state index is 0.125. The molecule has 0 aliphatic carbocycles. The first-order valence-electron chi connectivity index (χ1n) is 5.96. The van der Waals surface area contributed by atoms with Gasteiger partial charge in [-0.3, -0.25) is 9.59 Å². The molecule has 2 aromatic heterocycles. The average Bonchev–Trinajstić information content (AvgIpc) is 3.02. The van der Waals surface area contributed by atoms with Gasteiger partial charge in [0, 0.05) is 6.07 Å². The number of aromatic nitrogens is 4. The zero-order valence-corrected chi connectivity index (χ0v) is 11.1. The van der Waals surface area contributed by atoms with Crippen molar-refractivity contribution >= 4 is 11.9 Å². The Bertz CT molecular complexity index is 634. The van der Waals surface area contributed by atoms with Gasteiger partial charge in [-0.2, -0.15) is 0 Å². The third kappa shape index (κ3) is 4.60. The molecule has 0 aromatic carbocycles. The molecule has 10 nitrogen and oxygen atoms in total. The van der Waals surface area contributed by atoms with Crippen LogP contribution in [0.15, 0.2) is 16.8 Å². The number of nitrogens with zero attached hydrogens (tertiary/aromatic N) is 4. The van der Waals surface area contributed by atoms with Gasteiger partial charge in [0.2, 0.25) is 0 Å². The molecule has 0 bridgehead atoms. The van der Waals surface area contributed by atoms with Crippen molar-refractivity contribution < 1.29 is 24.0 Å². The number of ether oxygens (including phenoxy) is 1. The minimum Gasteiger partial charge on any atom is -0.480 e. The summed E-state index contributed by atoms with van der Waals surface area (Å²) in [5.41, 5.74) is 0.446. The smallest absolute Gasteiger partial charge is 0.325 e. The second-order valence-corrected chi connectivity index (χ2v) is 4.14. The number of amides is 1. The van der Waals surface area contributed by atoms with E-state index in [4.69, 9.17) is 14.4 Å². The van der Waals surface area contributed by atoms with Gasteiger partial charge < -0.3 is 19.7 Å². The maximum atomic E-state index is 11.5. The second kappa shape index (κ2) is 6.50. The van der Waals surface area contributed by atoms with Crippen molar-refractivity contribution in [3.8, 4) is 5.88 Å². The molecule has 0 fully saturated rings. The molecule has 1 amide bonds. The predicted molar refractivity (Wildman–Crippen MR) is 66.2 cm³/mol. The van der Waals surface area contributed by atoms with Crippen LogP contribution in [0.1, 0.15) is 11.5 Å². The van der Waals surface area contributed by atoms with Gasteiger partial charge in [-0.1, -0.05) is 5.21 Å². The number of carbonyl (C=O) groups excluding carboxylic acids is 1. The molecule has 0 radical (unpaired) electrons. The van der Waals surface area contributed by atoms with Crippen LogP contribution >= 0.6 is 0 Å². The number of carbonyl (C=O) groups is 2. The van der Waals surface area contributed by atoms with E-state index in [0.29, 0.717) is 11.5 Å². The van der Waals surface area contributed by atoms with Crippen LogP contribution in [0.2, 0.25) is 0 Å². The van der Waals surface area contributed by atoms with E-state index in [2.05, 4.69) is 20.8 Å². The third-order valence-electron chi connectivity index (χ3n) is 2.31. The van der Waals surface area contributed by atoms with Gasteiger partial charge in [-0.25, -0.2) is 4.68 Å². The summed E-state index contributed by atoms with van der Waals surface area (Å²) in [6, 6.07) is 1.56. The number of aryl methyl sites for hydroxylation is 1. The van der Waals surface area contributed by atoms with E-state index in [1.165, 1.54) is 10.9 Å². The molecule has 21 heavy (non-hydrogen) atoms. The molecular formula is C11H13N5O5. The summed E-state index contributed by atoms with van der Waals surface area (Å²) < 4.78 is 11.0. The van der Waals surface area contributed by atoms with Gasteiger partial charge in [0.15, 0.2) is 6.61 Å². The Balaban J connectivity index is 1.73. The number of nitrogens with one attached hydrogen (secondary N) is 1. The van der Waals surface area contributed by atoms with E-state index < -0.39 is 5.97 Å². The number of rotatable bonds is 7. The second-order valence-electron chi connectivity index (χ2n) is 4.14. The Hall–Kier alpha value is -2.91. The molecule has 0 aliphatic heterocycles. The zero-order valence-electron chi connectivity index (χ0n) is 11.1. The third-order valence-corrected chi connectivity index (χ3v) is 2.31. The molecule has 2 N–H and O–H groups in total. The molecule has 0 unspecified atom stereocenters. The number of aliphatic carboxylic acids is 1. The average molecular weight is 295 g/mol. The first kappa shape index (κ1) is 14.5. The fourth-order valence-corrected chi connectivity index (χ4v) is 1.43. The Morgan fingerprint density at radius 3 is 3.00 bits per heavy atom. The highest BCUT2D eigenvalue weighted by Gasteiger charge is 2.08. The topological polar surface area (TPSA) is 132 Å². The highest BCUT2D eigenvalue weighted by atomic mass is 16.5. The van der Waals surface area contributed by atoms with Crippen molar-refractivity contribution in [2.75, 3.05) is 6.61 Å². The fraction of sp³-hybridized carbons (Fsp3) is 0.364. The maximum absolute atomic E-state index is 11.5. The number of carboxylic acids is 1. The summed E-state index contributed by atoms with van der Waals surface area (Å²) in [5, 5.41) is 22.1. The largest absolute Gasteiger partial charge is 0.480 e. The van der Waals surface area contributed by atoms with E-state index in [1.54, 1.807) is 13.0 Å². The summed E-state index contributed by atoms with van der Waals surface area (Å²) in [4.78, 5) is 22.0. The van der Waals surface area contributed by atoms with Gasteiger partial charge in [0.1, 0.15) is 18.0 Å². The summed E-state index contributed by atoms with van der Waals surface area (Å²) in [5.74, 6) is -0.578. The molecule has 2 aromatic rings. The first-order valence-corrected chi connectivity index (χ1v) is 5.96. The zero-order chi connectivity index (χ0) is 15.2. The lowest BCUT2D eigenvalue weighted by atomic mass is 10.4. The monoisotopic (exact) mass is 295 g/mol. The van der Waals surface area contributed by atoms with Gasteiger partial charge >= 0.3 is 5.97 Å². The predicted octanol–water partition coefficient (Wildman–Crippen LogP) is -0.646. The van der Waals surface area contributed by atoms with Gasteiger partial charge in [0.25, 0.3) is 11.8 Å². The lowest BCUT2D eigenvalue weighted by molar-refractivity contribution is -0.138. The van der Waals surface area contributed by atoms with Crippen LogP contribution in [0, 0.1) is 6.92 Å². The van der Waals surface area contributed by atoms with E-state index in [9.17, 15) is 9.59 Å². The van der Waals surface area contributed by atoms with Gasteiger partial charge in [0.05, 0.1) is 12.7 Å². The van der Waals surface area contributed by atoms with Crippen LogP contribution in [0.4, 0.5) is 0 Å². The Kier molecular flexibility index (Phi) is 4.49. The van der Waals surface area contributed by atoms with Crippen LogP contribution in [-0.2, 0) is 22.7 Å². The van der Waals surface area contributed by atoms with Crippen LogP contribution in [0.25, 0.3) is 0 Å². The van der Waals surface area contributed by atoms with E-state index in [1.807, 2.05) is 0 Å². The van der Waals surface area contributed by atoms with Crippen molar-refractivity contribution in [1.29, 1.82) is 0 Å². The molecule has 0 saturated heterocycles. The van der Waals surface area contributed by atoms with Crippen molar-refractivity contribution in [3.63, 3.8) is 0 Å². The van der Waals surface area contributed by atoms with E-state index in [0.717, 1.165) is 0 Å². The van der Waals surface area contributed by atoms with E-state index >= 15 is 0 Å². The lowest BCUT2D eigenvalue weighted by Crippen LogP contribution is -2.28. The number of carboxylic acid groups (broad SMARTS) is 1. The minimum atomic E-state index is -1.02. The molecular weight excluding hydrogens is 282 g/mol. The highest BCUT2D eigenvalue weighted by Crippen LogP contribution is 2.09. The molecule has 0 atom stereocenters. The van der Waals surface area contributed by atoms with Crippen molar-refractivity contribution in [2.24, 2.45) is 0 Å². The maximum Gasteiger partial charge on any atom is 0.325 e. The molecule has 0 spiro atoms. The quantitative estimate of drug-likeness (QED) is 0.688. The molecule has 0 aliphatic rings. The SMILES string of the molecule is Cc1cc(OCC(=O)NCc2cn(CC(=O)O)nn2)no1. The summed E-state index contributed by atoms with van der Waals surface area (Å²) in [6.07, 6.45) is 1.44. The molecule has 2 heterocycles. The Labute approximate surface area is 118 Å². The Morgan fingerprint density at radius 2 is 2.33 bits per heavy atom. The lowest BCUT2D eigenvalue weighted by Gasteiger charge is -2.02. The van der Waals surface area contributed by atoms with Crippen molar-refractivity contribution in [2.45, 2.75) is 20.0 Å². The summed E-state index contributed by atoms with van der Waals surface area (Å²) >= 11 is 0. The first-order chi connectivity index (χ1) is 10.0. The van der Waals surface area contributed by atoms with Crippen molar-refractivity contribution in [1.82, 2.24) is 25.5 Å². The molecule has 10 heteroatoms. The van der Waals surface area contributed by atoms with Gasteiger partial charge in [-0.15, -0.1) is 5.10 Å². The van der Waals surface area contributed by atoms with E-state index in [-0.39, 0.29) is 31.5 Å². The van der Waals surface area contributed by atoms with Crippen LogP contribution in [0.3, 0.4) is 0 Å². The molecule has 0 saturated carbocycles. The highest BCUT2D eigenvalue weighted by molar-refractivity contribution is 5.77. The molecule has 112 valence electrons. The summed E-state index contributed by atoms with van der Waals surface area (Å²) in [7, 11) is 0.